The predicted octanol–water partition coefficient (Wildman–Crippen LogP) is 8.18. The minimum absolute atomic E-state index is 0.00186. The summed E-state index contributed by atoms with van der Waals surface area (Å²) >= 11 is 0. The summed E-state index contributed by atoms with van der Waals surface area (Å²) in [6, 6.07) is 34.7. The van der Waals surface area contributed by atoms with Crippen LogP contribution in [-0.4, -0.2) is 36.3 Å². The van der Waals surface area contributed by atoms with Crippen LogP contribution in [0.2, 0.25) is 0 Å². The molecular formula is C45H38O13S3. The van der Waals surface area contributed by atoms with E-state index in [1.54, 1.807) is 54.6 Å². The van der Waals surface area contributed by atoms with Crippen molar-refractivity contribution in [1.82, 2.24) is 0 Å². The zero-order valence-electron chi connectivity index (χ0n) is 32.7. The van der Waals surface area contributed by atoms with E-state index >= 15 is 0 Å². The number of carbonyl (C=O) groups is 1. The average Bonchev–Trinajstić information content (AvgIpc) is 3.63. The van der Waals surface area contributed by atoms with Gasteiger partial charge >= 0.3 is 36.3 Å². The van der Waals surface area contributed by atoms with Gasteiger partial charge in [0, 0.05) is 17.5 Å². The van der Waals surface area contributed by atoms with Gasteiger partial charge in [0.2, 0.25) is 0 Å². The van der Waals surface area contributed by atoms with Gasteiger partial charge in [-0.2, -0.15) is 25.3 Å². The maximum absolute atomic E-state index is 13.3. The Morgan fingerprint density at radius 2 is 0.869 bits per heavy atom. The molecule has 314 valence electrons. The Balaban J connectivity index is 1.13. The Hall–Kier alpha value is -6.20. The van der Waals surface area contributed by atoms with Gasteiger partial charge in [-0.25, -0.2) is 0 Å². The SMILES string of the molecule is Cc1ccc(S(=O)(=O)Oc2ccc([C@H]3O[C@H]4c5ccc(OS(=O)(=O)c6ccc(C)cc6)cc5O[C@H](c5ccc(OS(=O)(=O)c6ccc(C)cc6)cc5)[C@H]4[C@@H]3C(=O)O)cc2)cc1. The van der Waals surface area contributed by atoms with Crippen LogP contribution in [0.25, 0.3) is 0 Å². The minimum atomic E-state index is -4.25. The molecule has 2 aliphatic heterocycles. The smallest absolute Gasteiger partial charge is 0.339 e. The van der Waals surface area contributed by atoms with E-state index in [2.05, 4.69) is 0 Å². The van der Waals surface area contributed by atoms with E-state index in [0.29, 0.717) is 16.7 Å². The molecule has 0 unspecified atom stereocenters. The van der Waals surface area contributed by atoms with Crippen molar-refractivity contribution in [1.29, 1.82) is 0 Å². The molecule has 5 atom stereocenters. The number of hydrogen-bond donors (Lipinski definition) is 1. The molecule has 8 rings (SSSR count). The number of aryl methyl sites for hydroxylation is 3. The highest BCUT2D eigenvalue weighted by molar-refractivity contribution is 7.87. The van der Waals surface area contributed by atoms with Crippen molar-refractivity contribution >= 4 is 36.3 Å². The monoisotopic (exact) mass is 882 g/mol. The van der Waals surface area contributed by atoms with E-state index in [-0.39, 0.29) is 37.7 Å². The fourth-order valence-electron chi connectivity index (χ4n) is 7.41. The van der Waals surface area contributed by atoms with Crippen molar-refractivity contribution in [3.63, 3.8) is 0 Å². The highest BCUT2D eigenvalue weighted by Gasteiger charge is 2.56. The van der Waals surface area contributed by atoms with Crippen molar-refractivity contribution in [2.75, 3.05) is 0 Å². The molecule has 1 saturated heterocycles. The Morgan fingerprint density at radius 1 is 0.492 bits per heavy atom. The van der Waals surface area contributed by atoms with Crippen LogP contribution in [0.3, 0.4) is 0 Å². The maximum atomic E-state index is 13.3. The number of ether oxygens (including phenoxy) is 2. The van der Waals surface area contributed by atoms with E-state index in [4.69, 9.17) is 22.0 Å². The summed E-state index contributed by atoms with van der Waals surface area (Å²) in [7, 11) is -12.6. The first kappa shape index (κ1) is 41.5. The van der Waals surface area contributed by atoms with Crippen LogP contribution in [0.4, 0.5) is 0 Å². The van der Waals surface area contributed by atoms with E-state index < -0.39 is 66.5 Å². The van der Waals surface area contributed by atoms with E-state index in [0.717, 1.165) is 16.7 Å². The molecule has 13 nitrogen and oxygen atoms in total. The Morgan fingerprint density at radius 3 is 1.28 bits per heavy atom. The average molecular weight is 883 g/mol. The first-order valence-electron chi connectivity index (χ1n) is 18.9. The Bertz CT molecular complexity index is 2930. The van der Waals surface area contributed by atoms with E-state index in [9.17, 15) is 35.2 Å². The lowest BCUT2D eigenvalue weighted by atomic mass is 9.76. The molecule has 0 saturated carbocycles. The molecule has 2 aliphatic rings. The van der Waals surface area contributed by atoms with Gasteiger partial charge in [0.05, 0.1) is 18.1 Å². The first-order valence-corrected chi connectivity index (χ1v) is 23.1. The lowest BCUT2D eigenvalue weighted by Crippen LogP contribution is -2.35. The second-order valence-electron chi connectivity index (χ2n) is 14.8. The third kappa shape index (κ3) is 8.57. The molecule has 6 aromatic rings. The molecule has 2 heterocycles. The number of carboxylic acid groups (broad SMARTS) is 1. The van der Waals surface area contributed by atoms with Crippen LogP contribution in [0.5, 0.6) is 23.0 Å². The molecule has 0 radical (unpaired) electrons. The van der Waals surface area contributed by atoms with Crippen LogP contribution >= 0.6 is 0 Å². The Kier molecular flexibility index (Phi) is 10.9. The van der Waals surface area contributed by atoms with Crippen LogP contribution in [0.15, 0.2) is 154 Å². The van der Waals surface area contributed by atoms with Gasteiger partial charge in [-0.3, -0.25) is 4.79 Å². The molecule has 0 bridgehead atoms. The second-order valence-corrected chi connectivity index (χ2v) is 19.5. The van der Waals surface area contributed by atoms with Crippen molar-refractivity contribution in [3.05, 3.63) is 173 Å². The zero-order chi connectivity index (χ0) is 43.3. The van der Waals surface area contributed by atoms with Crippen molar-refractivity contribution < 1.29 is 57.2 Å². The fourth-order valence-corrected chi connectivity index (χ4v) is 10.2. The third-order valence-electron chi connectivity index (χ3n) is 10.5. The zero-order valence-corrected chi connectivity index (χ0v) is 35.2. The normalized spacial score (nSPS) is 19.8. The molecule has 0 spiro atoms. The van der Waals surface area contributed by atoms with Crippen molar-refractivity contribution in [2.24, 2.45) is 11.8 Å². The van der Waals surface area contributed by atoms with Gasteiger partial charge in [0.15, 0.2) is 0 Å². The summed E-state index contributed by atoms with van der Waals surface area (Å²) < 4.78 is 108. The lowest BCUT2D eigenvalue weighted by Gasteiger charge is -2.36. The largest absolute Gasteiger partial charge is 0.485 e. The van der Waals surface area contributed by atoms with Crippen LogP contribution in [-0.2, 0) is 39.9 Å². The first-order chi connectivity index (χ1) is 29.0. The molecule has 0 amide bonds. The number of rotatable bonds is 12. The topological polar surface area (TPSA) is 186 Å². The molecule has 1 N–H and O–H groups in total. The van der Waals surface area contributed by atoms with Crippen molar-refractivity contribution in [2.45, 2.75) is 53.8 Å². The summed E-state index contributed by atoms with van der Waals surface area (Å²) in [6.07, 6.45) is -3.02. The minimum Gasteiger partial charge on any atom is -0.485 e. The van der Waals surface area contributed by atoms with E-state index in [1.165, 1.54) is 84.9 Å². The molecule has 0 aromatic heterocycles. The van der Waals surface area contributed by atoms with Gasteiger partial charge in [-0.05, 0) is 105 Å². The van der Waals surface area contributed by atoms with Gasteiger partial charge in [-0.1, -0.05) is 77.4 Å². The van der Waals surface area contributed by atoms with Crippen molar-refractivity contribution in [3.8, 4) is 23.0 Å². The summed E-state index contributed by atoms with van der Waals surface area (Å²) in [5, 5.41) is 10.8. The highest BCUT2D eigenvalue weighted by atomic mass is 32.2. The molecule has 16 heteroatoms. The maximum Gasteiger partial charge on any atom is 0.339 e. The standard InChI is InChI=1S/C45H38O13S3/c1-27-4-19-35(20-5-27)59(48,49)56-32-14-10-30(11-15-32)42-40-41(45(46)47)43(31-12-16-33(17-13-31)57-60(50,51)36-21-6-28(2)7-22-36)55-44(40)38-25-18-34(26-39(38)54-42)58-61(52,53)37-23-8-29(3)9-24-37/h4-26,40-44H,1-3H3,(H,46,47)/t40-,41+,42-,43-,44+/m1/s1. The summed E-state index contributed by atoms with van der Waals surface area (Å²) in [6.45, 7) is 5.48. The molecule has 1 fully saturated rings. The number of hydrogen-bond acceptors (Lipinski definition) is 12. The number of benzene rings is 6. The Labute approximate surface area is 353 Å². The van der Waals surface area contributed by atoms with Gasteiger partial charge in [-0.15, -0.1) is 0 Å². The van der Waals surface area contributed by atoms with Crippen LogP contribution < -0.4 is 17.3 Å². The molecule has 6 aromatic carbocycles. The van der Waals surface area contributed by atoms with Gasteiger partial charge in [0.1, 0.15) is 43.8 Å². The number of fused-ring (bicyclic) bond motifs is 3. The van der Waals surface area contributed by atoms with Gasteiger partial charge in [0.25, 0.3) is 0 Å². The lowest BCUT2D eigenvalue weighted by molar-refractivity contribution is -0.146. The molecule has 0 aliphatic carbocycles. The van der Waals surface area contributed by atoms with Crippen LogP contribution in [0, 0.1) is 32.6 Å². The third-order valence-corrected chi connectivity index (χ3v) is 14.3. The quantitative estimate of drug-likeness (QED) is 0.116. The summed E-state index contributed by atoms with van der Waals surface area (Å²) in [5.74, 6) is -3.23. The predicted molar refractivity (Wildman–Crippen MR) is 221 cm³/mol. The second kappa shape index (κ2) is 16.0. The number of carboxylic acids is 1. The fraction of sp³-hybridized carbons (Fsp3) is 0.178. The van der Waals surface area contributed by atoms with Crippen LogP contribution in [0.1, 0.15) is 51.7 Å². The summed E-state index contributed by atoms with van der Waals surface area (Å²) in [4.78, 5) is 13.2. The number of aliphatic carboxylic acids is 1. The molecular weight excluding hydrogens is 845 g/mol. The van der Waals surface area contributed by atoms with Gasteiger partial charge < -0.3 is 27.1 Å². The van der Waals surface area contributed by atoms with E-state index in [1.807, 2.05) is 20.8 Å². The molecule has 61 heavy (non-hydrogen) atoms. The highest BCUT2D eigenvalue weighted by Crippen LogP contribution is 2.59. The summed E-state index contributed by atoms with van der Waals surface area (Å²) in [5.41, 5.74) is 3.90.